The predicted molar refractivity (Wildman–Crippen MR) is 69.6 cm³/mol. The molecule has 1 aromatic carbocycles. The third kappa shape index (κ3) is 2.78. The largest absolute Gasteiger partial charge is 0.481 e. The molecule has 0 aliphatic heterocycles. The topological polar surface area (TPSA) is 79.1 Å². The monoisotopic (exact) mass is 254 g/mol. The first-order chi connectivity index (χ1) is 7.72. The highest BCUT2D eigenvalue weighted by atomic mass is 35.5. The molecule has 1 unspecified atom stereocenters. The van der Waals surface area contributed by atoms with E-state index in [1.54, 1.807) is 0 Å². The van der Waals surface area contributed by atoms with Crippen LogP contribution in [-0.2, 0) is 4.79 Å². The maximum absolute atomic E-state index is 10.7. The summed E-state index contributed by atoms with van der Waals surface area (Å²) in [5, 5.41) is 9.87. The minimum atomic E-state index is -0.819. The third-order valence-electron chi connectivity index (χ3n) is 2.77. The second-order valence-electron chi connectivity index (χ2n) is 3.82. The summed E-state index contributed by atoms with van der Waals surface area (Å²) in [6, 6.07) is 7.82. The summed E-state index contributed by atoms with van der Waals surface area (Å²) in [6.45, 7) is 0.341. The summed E-state index contributed by atoms with van der Waals surface area (Å²) in [5.74, 6) is -0.950. The molecule has 0 aliphatic rings. The predicted octanol–water partition coefficient (Wildman–Crippen LogP) is 2.11. The van der Waals surface area contributed by atoms with E-state index in [4.69, 9.17) is 10.8 Å². The molecule has 1 heterocycles. The molecule has 17 heavy (non-hydrogen) atoms. The van der Waals surface area contributed by atoms with Gasteiger partial charge in [-0.05, 0) is 18.2 Å². The van der Waals surface area contributed by atoms with E-state index in [-0.39, 0.29) is 24.7 Å². The normalized spacial score (nSPS) is 12.1. The molecular formula is C12H15ClN2O2. The molecule has 2 aromatic rings. The molecule has 0 bridgehead atoms. The van der Waals surface area contributed by atoms with E-state index in [9.17, 15) is 4.79 Å². The molecule has 0 saturated heterocycles. The number of para-hydroxylation sites is 1. The molecule has 4 nitrogen and oxygen atoms in total. The van der Waals surface area contributed by atoms with E-state index < -0.39 is 5.97 Å². The fourth-order valence-electron chi connectivity index (χ4n) is 1.96. The smallest absolute Gasteiger partial charge is 0.304 e. The van der Waals surface area contributed by atoms with Crippen LogP contribution in [0.1, 0.15) is 17.9 Å². The van der Waals surface area contributed by atoms with Crippen LogP contribution in [0.3, 0.4) is 0 Å². The van der Waals surface area contributed by atoms with Crippen LogP contribution in [0.25, 0.3) is 10.9 Å². The zero-order valence-corrected chi connectivity index (χ0v) is 10.0. The number of rotatable bonds is 4. The number of aromatic amines is 1. The Morgan fingerprint density at radius 3 is 2.76 bits per heavy atom. The Morgan fingerprint density at radius 2 is 2.12 bits per heavy atom. The van der Waals surface area contributed by atoms with E-state index in [0.717, 1.165) is 16.5 Å². The van der Waals surface area contributed by atoms with Crippen LogP contribution < -0.4 is 5.73 Å². The zero-order valence-electron chi connectivity index (χ0n) is 9.22. The number of nitrogens with two attached hydrogens (primary N) is 1. The molecule has 0 radical (unpaired) electrons. The maximum atomic E-state index is 10.7. The van der Waals surface area contributed by atoms with Gasteiger partial charge in [0.25, 0.3) is 0 Å². The number of carboxylic acids is 1. The zero-order chi connectivity index (χ0) is 11.5. The van der Waals surface area contributed by atoms with Crippen molar-refractivity contribution in [3.05, 3.63) is 36.0 Å². The minimum Gasteiger partial charge on any atom is -0.481 e. The summed E-state index contributed by atoms with van der Waals surface area (Å²) in [7, 11) is 0. The van der Waals surface area contributed by atoms with E-state index >= 15 is 0 Å². The molecule has 0 saturated carbocycles. The SMILES string of the molecule is Cl.NCC(CC(=O)O)c1c[nH]c2ccccc12. The van der Waals surface area contributed by atoms with Crippen molar-refractivity contribution in [3.63, 3.8) is 0 Å². The van der Waals surface area contributed by atoms with Crippen LogP contribution in [0.15, 0.2) is 30.5 Å². The molecule has 92 valence electrons. The van der Waals surface area contributed by atoms with Crippen LogP contribution in [0, 0.1) is 0 Å². The third-order valence-corrected chi connectivity index (χ3v) is 2.77. The average molecular weight is 255 g/mol. The molecule has 1 aromatic heterocycles. The van der Waals surface area contributed by atoms with Crippen molar-refractivity contribution in [1.29, 1.82) is 0 Å². The van der Waals surface area contributed by atoms with Gasteiger partial charge < -0.3 is 15.8 Å². The van der Waals surface area contributed by atoms with E-state index in [0.29, 0.717) is 6.54 Å². The van der Waals surface area contributed by atoms with Crippen LogP contribution >= 0.6 is 12.4 Å². The van der Waals surface area contributed by atoms with Crippen LogP contribution in [0.4, 0.5) is 0 Å². The molecular weight excluding hydrogens is 240 g/mol. The van der Waals surface area contributed by atoms with Crippen LogP contribution in [0.2, 0.25) is 0 Å². The van der Waals surface area contributed by atoms with Gasteiger partial charge in [0.1, 0.15) is 0 Å². The van der Waals surface area contributed by atoms with E-state index in [1.165, 1.54) is 0 Å². The Balaban J connectivity index is 0.00000144. The highest BCUT2D eigenvalue weighted by molar-refractivity contribution is 5.85. The number of hydrogen-bond donors (Lipinski definition) is 3. The van der Waals surface area contributed by atoms with Gasteiger partial charge >= 0.3 is 5.97 Å². The van der Waals surface area contributed by atoms with Crippen molar-refractivity contribution >= 4 is 29.3 Å². The maximum Gasteiger partial charge on any atom is 0.304 e. The van der Waals surface area contributed by atoms with E-state index in [1.807, 2.05) is 30.5 Å². The Morgan fingerprint density at radius 1 is 1.41 bits per heavy atom. The molecule has 0 fully saturated rings. The first kappa shape index (κ1) is 13.5. The summed E-state index contributed by atoms with van der Waals surface area (Å²) in [6.07, 6.45) is 1.92. The Labute approximate surface area is 105 Å². The van der Waals surface area contributed by atoms with E-state index in [2.05, 4.69) is 4.98 Å². The Hall–Kier alpha value is -1.52. The molecule has 4 N–H and O–H groups in total. The second kappa shape index (κ2) is 5.70. The van der Waals surface area contributed by atoms with Crippen molar-refractivity contribution in [2.75, 3.05) is 6.54 Å². The number of carboxylic acid groups (broad SMARTS) is 1. The molecule has 1 atom stereocenters. The minimum absolute atomic E-state index is 0. The molecule has 2 rings (SSSR count). The lowest BCUT2D eigenvalue weighted by Gasteiger charge is -2.10. The Bertz CT molecular complexity index is 510. The summed E-state index contributed by atoms with van der Waals surface area (Å²) in [5.41, 5.74) is 7.63. The van der Waals surface area contributed by atoms with Gasteiger partial charge in [0.05, 0.1) is 6.42 Å². The van der Waals surface area contributed by atoms with Gasteiger partial charge in [0, 0.05) is 23.0 Å². The standard InChI is InChI=1S/C12H14N2O2.ClH/c13-6-8(5-12(15)16)10-7-14-11-4-2-1-3-9(10)11;/h1-4,7-8,14H,5-6,13H2,(H,15,16);1H. The van der Waals surface area contributed by atoms with Crippen molar-refractivity contribution < 1.29 is 9.90 Å². The number of aromatic nitrogens is 1. The second-order valence-corrected chi connectivity index (χ2v) is 3.82. The van der Waals surface area contributed by atoms with Gasteiger partial charge in [-0.1, -0.05) is 18.2 Å². The van der Waals surface area contributed by atoms with Crippen LogP contribution in [0.5, 0.6) is 0 Å². The average Bonchev–Trinajstić information content (AvgIpc) is 2.69. The lowest BCUT2D eigenvalue weighted by molar-refractivity contribution is -0.137. The first-order valence-electron chi connectivity index (χ1n) is 5.20. The molecule has 0 spiro atoms. The molecule has 5 heteroatoms. The first-order valence-corrected chi connectivity index (χ1v) is 5.20. The van der Waals surface area contributed by atoms with Gasteiger partial charge in [-0.3, -0.25) is 4.79 Å². The van der Waals surface area contributed by atoms with Crippen LogP contribution in [-0.4, -0.2) is 22.6 Å². The van der Waals surface area contributed by atoms with Crippen molar-refractivity contribution in [3.8, 4) is 0 Å². The van der Waals surface area contributed by atoms with Gasteiger partial charge in [0.15, 0.2) is 0 Å². The lowest BCUT2D eigenvalue weighted by atomic mass is 9.95. The fourth-order valence-corrected chi connectivity index (χ4v) is 1.96. The highest BCUT2D eigenvalue weighted by Crippen LogP contribution is 2.26. The fraction of sp³-hybridized carbons (Fsp3) is 0.250. The van der Waals surface area contributed by atoms with Gasteiger partial charge in [0.2, 0.25) is 0 Å². The number of benzene rings is 1. The van der Waals surface area contributed by atoms with Gasteiger partial charge in [-0.2, -0.15) is 0 Å². The van der Waals surface area contributed by atoms with Gasteiger partial charge in [-0.25, -0.2) is 0 Å². The summed E-state index contributed by atoms with van der Waals surface area (Å²) < 4.78 is 0. The number of hydrogen-bond acceptors (Lipinski definition) is 2. The number of H-pyrrole nitrogens is 1. The Kier molecular flexibility index (Phi) is 4.54. The number of halogens is 1. The van der Waals surface area contributed by atoms with Crippen molar-refractivity contribution in [2.45, 2.75) is 12.3 Å². The molecule has 0 aliphatic carbocycles. The quantitative estimate of drug-likeness (QED) is 0.782. The molecule has 0 amide bonds. The highest BCUT2D eigenvalue weighted by Gasteiger charge is 2.17. The van der Waals surface area contributed by atoms with Crippen molar-refractivity contribution in [1.82, 2.24) is 4.98 Å². The summed E-state index contributed by atoms with van der Waals surface area (Å²) in [4.78, 5) is 13.9. The lowest BCUT2D eigenvalue weighted by Crippen LogP contribution is -2.15. The number of nitrogens with one attached hydrogen (secondary N) is 1. The number of fused-ring (bicyclic) bond motifs is 1. The number of carbonyl (C=O) groups is 1. The number of aliphatic carboxylic acids is 1. The van der Waals surface area contributed by atoms with Gasteiger partial charge in [-0.15, -0.1) is 12.4 Å². The van der Waals surface area contributed by atoms with Crippen molar-refractivity contribution in [2.24, 2.45) is 5.73 Å². The summed E-state index contributed by atoms with van der Waals surface area (Å²) >= 11 is 0.